The predicted octanol–water partition coefficient (Wildman–Crippen LogP) is 2.96. The summed E-state index contributed by atoms with van der Waals surface area (Å²) in [5, 5.41) is 0. The van der Waals surface area contributed by atoms with Crippen LogP contribution in [0.4, 0.5) is 0 Å². The van der Waals surface area contributed by atoms with E-state index in [0.717, 1.165) is 9.63 Å². The van der Waals surface area contributed by atoms with Crippen molar-refractivity contribution in [2.75, 3.05) is 0 Å². The number of hydrogen-bond acceptors (Lipinski definition) is 1. The monoisotopic (exact) mass is 438 g/mol. The van der Waals surface area contributed by atoms with Gasteiger partial charge in [0.15, 0.2) is 0 Å². The molecule has 0 unspecified atom stereocenters. The van der Waals surface area contributed by atoms with Crippen molar-refractivity contribution in [2.45, 2.75) is 47.5 Å². The predicted molar refractivity (Wildman–Crippen MR) is 98.3 cm³/mol. The van der Waals surface area contributed by atoms with Crippen molar-refractivity contribution in [1.82, 2.24) is 0 Å². The van der Waals surface area contributed by atoms with Crippen molar-refractivity contribution in [3.63, 3.8) is 0 Å². The van der Waals surface area contributed by atoms with E-state index in [1.165, 1.54) is 34.6 Å². The summed E-state index contributed by atoms with van der Waals surface area (Å²) in [6.07, 6.45) is 6.33. The summed E-state index contributed by atoms with van der Waals surface area (Å²) in [6, 6.07) is 22.1. The molecule has 4 rings (SSSR count). The van der Waals surface area contributed by atoms with E-state index in [-0.39, 0.29) is 0 Å². The van der Waals surface area contributed by atoms with Gasteiger partial charge in [-0.1, -0.05) is 0 Å². The van der Waals surface area contributed by atoms with Crippen molar-refractivity contribution in [3.8, 4) is 0 Å². The fraction of sp³-hybridized carbons (Fsp3) is 0.400. The van der Waals surface area contributed by atoms with E-state index < -0.39 is 0 Å². The normalized spacial score (nSPS) is 30.1. The quantitative estimate of drug-likeness (QED) is 0.670. The van der Waals surface area contributed by atoms with Crippen LogP contribution in [0.3, 0.4) is 0 Å². The molecule has 3 heteroatoms. The molecule has 23 heavy (non-hydrogen) atoms. The topological polar surface area (TPSA) is 9.23 Å². The third-order valence-corrected chi connectivity index (χ3v) is 10.5. The van der Waals surface area contributed by atoms with Crippen LogP contribution in [0.25, 0.3) is 0 Å². The Kier molecular flexibility index (Phi) is 5.23. The minimum absolute atomic E-state index is 0.525. The second-order valence-corrected chi connectivity index (χ2v) is 11.8. The molecule has 2 aliphatic rings. The molecule has 120 valence electrons. The van der Waals surface area contributed by atoms with Crippen molar-refractivity contribution >= 4 is 38.8 Å². The third kappa shape index (κ3) is 3.92. The van der Waals surface area contributed by atoms with Crippen LogP contribution in [0, 0.1) is 0 Å². The SMILES string of the molecule is c1ccc([Se][C@H]2CC[C@@H]3O[C@H]2CC[C@@H]3[Se]c2ccccc2)cc1. The first-order valence-electron chi connectivity index (χ1n) is 8.47. The van der Waals surface area contributed by atoms with Crippen LogP contribution in [0.1, 0.15) is 25.7 Å². The summed E-state index contributed by atoms with van der Waals surface area (Å²) in [7, 11) is 0. The Bertz CT molecular complexity index is 561. The Balaban J connectivity index is 1.37. The number of hydrogen-bond donors (Lipinski definition) is 0. The summed E-state index contributed by atoms with van der Waals surface area (Å²) < 4.78 is 9.58. The zero-order valence-corrected chi connectivity index (χ0v) is 16.6. The molecule has 2 heterocycles. The van der Waals surface area contributed by atoms with E-state index in [0.29, 0.717) is 42.1 Å². The van der Waals surface area contributed by atoms with Gasteiger partial charge in [0.1, 0.15) is 0 Å². The van der Waals surface area contributed by atoms with E-state index in [1.54, 1.807) is 0 Å². The summed E-state index contributed by atoms with van der Waals surface area (Å²) in [4.78, 5) is 1.57. The first-order valence-corrected chi connectivity index (χ1v) is 12.2. The molecule has 0 amide bonds. The fourth-order valence-electron chi connectivity index (χ4n) is 3.55. The number of benzene rings is 2. The van der Waals surface area contributed by atoms with Gasteiger partial charge in [-0.15, -0.1) is 0 Å². The molecular weight excluding hydrogens is 414 g/mol. The number of ether oxygens (including phenoxy) is 1. The molecule has 0 N–H and O–H groups in total. The average Bonchev–Trinajstić information content (AvgIpc) is 2.61. The van der Waals surface area contributed by atoms with E-state index >= 15 is 0 Å². The zero-order chi connectivity index (χ0) is 15.5. The van der Waals surface area contributed by atoms with E-state index in [2.05, 4.69) is 60.7 Å². The van der Waals surface area contributed by atoms with Gasteiger partial charge in [-0.3, -0.25) is 0 Å². The van der Waals surface area contributed by atoms with Gasteiger partial charge >= 0.3 is 152 Å². The molecule has 2 bridgehead atoms. The average molecular weight is 436 g/mol. The van der Waals surface area contributed by atoms with Gasteiger partial charge in [0.05, 0.1) is 0 Å². The molecule has 0 saturated carbocycles. The van der Waals surface area contributed by atoms with Crippen molar-refractivity contribution < 1.29 is 4.74 Å². The molecule has 0 spiro atoms. The van der Waals surface area contributed by atoms with Crippen LogP contribution in [-0.2, 0) is 4.74 Å². The molecule has 0 radical (unpaired) electrons. The number of rotatable bonds is 4. The summed E-state index contributed by atoms with van der Waals surface area (Å²) >= 11 is 1.13. The third-order valence-electron chi connectivity index (χ3n) is 4.71. The van der Waals surface area contributed by atoms with Crippen LogP contribution in [0.5, 0.6) is 0 Å². The Morgan fingerprint density at radius 2 is 1.04 bits per heavy atom. The van der Waals surface area contributed by atoms with Gasteiger partial charge in [-0.05, 0) is 0 Å². The molecule has 4 atom stereocenters. The van der Waals surface area contributed by atoms with Gasteiger partial charge in [0.25, 0.3) is 0 Å². The second kappa shape index (κ2) is 7.55. The van der Waals surface area contributed by atoms with Gasteiger partial charge in [0, 0.05) is 0 Å². The number of fused-ring (bicyclic) bond motifs is 2. The van der Waals surface area contributed by atoms with E-state index in [4.69, 9.17) is 4.74 Å². The maximum absolute atomic E-state index is 6.52. The van der Waals surface area contributed by atoms with Crippen molar-refractivity contribution in [1.29, 1.82) is 0 Å². The maximum atomic E-state index is 6.52. The summed E-state index contributed by atoms with van der Waals surface area (Å²) in [5.41, 5.74) is 0. The van der Waals surface area contributed by atoms with Crippen LogP contribution in [0.2, 0.25) is 9.63 Å². The van der Waals surface area contributed by atoms with Gasteiger partial charge in [-0.2, -0.15) is 0 Å². The Morgan fingerprint density at radius 3 is 1.48 bits per heavy atom. The van der Waals surface area contributed by atoms with Crippen LogP contribution in [0.15, 0.2) is 60.7 Å². The van der Waals surface area contributed by atoms with Crippen LogP contribution < -0.4 is 8.92 Å². The summed E-state index contributed by atoms with van der Waals surface area (Å²) in [6.45, 7) is 0. The molecular formula is C20H22OSe2. The molecule has 2 aliphatic heterocycles. The molecule has 0 aromatic heterocycles. The summed E-state index contributed by atoms with van der Waals surface area (Å²) in [5.74, 6) is 0. The molecule has 2 fully saturated rings. The van der Waals surface area contributed by atoms with Crippen molar-refractivity contribution in [3.05, 3.63) is 60.7 Å². The minimum atomic E-state index is 0.525. The van der Waals surface area contributed by atoms with Crippen LogP contribution in [-0.4, -0.2) is 42.1 Å². The molecule has 1 nitrogen and oxygen atoms in total. The molecule has 2 saturated heterocycles. The zero-order valence-electron chi connectivity index (χ0n) is 13.1. The molecule has 0 aliphatic carbocycles. The molecule has 2 aromatic carbocycles. The van der Waals surface area contributed by atoms with Gasteiger partial charge in [-0.25, -0.2) is 0 Å². The fourth-order valence-corrected chi connectivity index (χ4v) is 8.88. The standard InChI is InChI=1S/C20H22OSe2/c1-3-7-15(8-4-1)22-19-13-11-18-20(14-12-17(19)21-18)23-16-9-5-2-6-10-16/h1-10,17-20H,11-14H2/t17-,18-,19-,20-/m0/s1. The van der Waals surface area contributed by atoms with E-state index in [9.17, 15) is 0 Å². The van der Waals surface area contributed by atoms with E-state index in [1.807, 2.05) is 0 Å². The van der Waals surface area contributed by atoms with Crippen molar-refractivity contribution in [2.24, 2.45) is 0 Å². The Morgan fingerprint density at radius 1 is 0.609 bits per heavy atom. The first-order chi connectivity index (χ1) is 11.4. The molecule has 2 aromatic rings. The Hall–Kier alpha value is -0.561. The first kappa shape index (κ1) is 15.9. The van der Waals surface area contributed by atoms with Crippen LogP contribution >= 0.6 is 0 Å². The van der Waals surface area contributed by atoms with Gasteiger partial charge < -0.3 is 0 Å². The Labute approximate surface area is 151 Å². The second-order valence-electron chi connectivity index (χ2n) is 6.31. The van der Waals surface area contributed by atoms with Gasteiger partial charge in [0.2, 0.25) is 0 Å².